The molecule has 3 aromatic rings. The van der Waals surface area contributed by atoms with Crippen LogP contribution in [0.2, 0.25) is 0 Å². The van der Waals surface area contributed by atoms with E-state index in [0.29, 0.717) is 36.8 Å². The SMILES string of the molecule is O=C(OCn1nnc2ccccc2c1=O)c1ccc(F)c(S(=O)(=O)N2CCCCC2)c1. The molecule has 0 N–H and O–H groups in total. The van der Waals surface area contributed by atoms with Gasteiger partial charge in [-0.15, -0.1) is 5.10 Å². The van der Waals surface area contributed by atoms with E-state index in [9.17, 15) is 22.4 Å². The molecule has 2 heterocycles. The van der Waals surface area contributed by atoms with E-state index in [0.717, 1.165) is 29.3 Å². The van der Waals surface area contributed by atoms with Gasteiger partial charge in [0.2, 0.25) is 10.0 Å². The Kier molecular flexibility index (Phi) is 5.79. The Morgan fingerprint density at radius 3 is 2.61 bits per heavy atom. The fourth-order valence-electron chi connectivity index (χ4n) is 3.38. The van der Waals surface area contributed by atoms with Crippen molar-refractivity contribution >= 4 is 26.9 Å². The first-order chi connectivity index (χ1) is 14.9. The molecule has 1 saturated heterocycles. The van der Waals surface area contributed by atoms with Crippen molar-refractivity contribution in [1.82, 2.24) is 19.3 Å². The predicted octanol–water partition coefficient (Wildman–Crippen LogP) is 1.92. The van der Waals surface area contributed by atoms with Crippen molar-refractivity contribution in [2.45, 2.75) is 30.9 Å². The van der Waals surface area contributed by atoms with Crippen LogP contribution in [0.4, 0.5) is 4.39 Å². The highest BCUT2D eigenvalue weighted by Gasteiger charge is 2.29. The molecule has 11 heteroatoms. The number of rotatable bonds is 5. The third-order valence-corrected chi connectivity index (χ3v) is 6.96. The fourth-order valence-corrected chi connectivity index (χ4v) is 4.99. The highest BCUT2D eigenvalue weighted by atomic mass is 32.2. The number of fused-ring (bicyclic) bond motifs is 1. The zero-order chi connectivity index (χ0) is 22.0. The fraction of sp³-hybridized carbons (Fsp3) is 0.300. The average molecular weight is 446 g/mol. The number of nitrogens with zero attached hydrogens (tertiary/aromatic N) is 4. The zero-order valence-electron chi connectivity index (χ0n) is 16.4. The van der Waals surface area contributed by atoms with E-state index >= 15 is 0 Å². The minimum Gasteiger partial charge on any atom is -0.439 e. The molecule has 1 aliphatic rings. The molecule has 9 nitrogen and oxygen atoms in total. The van der Waals surface area contributed by atoms with E-state index in [2.05, 4.69) is 10.3 Å². The second kappa shape index (κ2) is 8.52. The summed E-state index contributed by atoms with van der Waals surface area (Å²) in [4.78, 5) is 24.3. The van der Waals surface area contributed by atoms with Gasteiger partial charge in [-0.3, -0.25) is 4.79 Å². The van der Waals surface area contributed by atoms with Gasteiger partial charge in [0.1, 0.15) is 16.2 Å². The molecule has 0 saturated carbocycles. The lowest BCUT2D eigenvalue weighted by Crippen LogP contribution is -2.36. The number of halogens is 1. The summed E-state index contributed by atoms with van der Waals surface area (Å²) in [6, 6.07) is 9.58. The van der Waals surface area contributed by atoms with Crippen LogP contribution in [0.3, 0.4) is 0 Å². The Morgan fingerprint density at radius 1 is 1.10 bits per heavy atom. The van der Waals surface area contributed by atoms with Gasteiger partial charge in [-0.1, -0.05) is 23.8 Å². The quantitative estimate of drug-likeness (QED) is 0.551. The van der Waals surface area contributed by atoms with E-state index in [1.165, 1.54) is 4.31 Å². The first kappa shape index (κ1) is 21.1. The highest BCUT2D eigenvalue weighted by molar-refractivity contribution is 7.89. The first-order valence-corrected chi connectivity index (χ1v) is 11.1. The van der Waals surface area contributed by atoms with Crippen LogP contribution in [0.15, 0.2) is 52.2 Å². The summed E-state index contributed by atoms with van der Waals surface area (Å²) in [6.07, 6.45) is 2.31. The molecule has 162 valence electrons. The molecule has 1 fully saturated rings. The maximum atomic E-state index is 14.3. The molecular weight excluding hydrogens is 427 g/mol. The van der Waals surface area contributed by atoms with E-state index in [4.69, 9.17) is 4.74 Å². The highest BCUT2D eigenvalue weighted by Crippen LogP contribution is 2.24. The van der Waals surface area contributed by atoms with Crippen molar-refractivity contribution in [3.05, 3.63) is 64.2 Å². The number of benzene rings is 2. The van der Waals surface area contributed by atoms with Gasteiger partial charge in [-0.2, -0.15) is 8.99 Å². The van der Waals surface area contributed by atoms with Crippen LogP contribution < -0.4 is 5.56 Å². The van der Waals surface area contributed by atoms with E-state index < -0.39 is 39.0 Å². The molecule has 0 atom stereocenters. The van der Waals surface area contributed by atoms with Gasteiger partial charge in [0, 0.05) is 13.1 Å². The molecule has 1 aromatic heterocycles. The average Bonchev–Trinajstić information content (AvgIpc) is 2.79. The topological polar surface area (TPSA) is 111 Å². The molecule has 0 amide bonds. The van der Waals surface area contributed by atoms with Crippen LogP contribution >= 0.6 is 0 Å². The summed E-state index contributed by atoms with van der Waals surface area (Å²) in [5.41, 5.74) is -0.245. The van der Waals surface area contributed by atoms with Crippen LogP contribution in [0.5, 0.6) is 0 Å². The normalized spacial score (nSPS) is 15.1. The van der Waals surface area contributed by atoms with Crippen molar-refractivity contribution in [2.24, 2.45) is 0 Å². The molecule has 0 unspecified atom stereocenters. The standard InChI is InChI=1S/C20H19FN4O5S/c21-16-9-8-14(12-18(16)31(28,29)24-10-4-1-5-11-24)20(27)30-13-25-19(26)15-6-2-3-7-17(15)22-23-25/h2-3,6-9,12H,1,4-5,10-11,13H2. The zero-order valence-corrected chi connectivity index (χ0v) is 17.2. The third kappa shape index (κ3) is 4.19. The minimum absolute atomic E-state index is 0.154. The van der Waals surface area contributed by atoms with Crippen molar-refractivity contribution in [3.8, 4) is 0 Å². The van der Waals surface area contributed by atoms with E-state index in [-0.39, 0.29) is 5.56 Å². The second-order valence-corrected chi connectivity index (χ2v) is 8.99. The lowest BCUT2D eigenvalue weighted by molar-refractivity contribution is 0.0335. The van der Waals surface area contributed by atoms with Crippen LogP contribution in [-0.2, 0) is 21.5 Å². The van der Waals surface area contributed by atoms with Gasteiger partial charge in [0.05, 0.1) is 10.9 Å². The van der Waals surface area contributed by atoms with Gasteiger partial charge in [0.15, 0.2) is 6.73 Å². The van der Waals surface area contributed by atoms with Crippen LogP contribution in [0, 0.1) is 5.82 Å². The van der Waals surface area contributed by atoms with E-state index in [1.807, 2.05) is 0 Å². The first-order valence-electron chi connectivity index (χ1n) is 9.67. The van der Waals surface area contributed by atoms with E-state index in [1.54, 1.807) is 24.3 Å². The molecular formula is C20H19FN4O5S. The number of hydrogen-bond acceptors (Lipinski definition) is 7. The maximum Gasteiger partial charge on any atom is 0.339 e. The van der Waals surface area contributed by atoms with Crippen molar-refractivity contribution in [2.75, 3.05) is 13.1 Å². The van der Waals surface area contributed by atoms with Gasteiger partial charge in [-0.05, 0) is 43.2 Å². The molecule has 4 rings (SSSR count). The molecule has 0 bridgehead atoms. The number of hydrogen-bond donors (Lipinski definition) is 0. The lowest BCUT2D eigenvalue weighted by atomic mass is 10.2. The van der Waals surface area contributed by atoms with Gasteiger partial charge in [-0.25, -0.2) is 17.6 Å². The maximum absolute atomic E-state index is 14.3. The summed E-state index contributed by atoms with van der Waals surface area (Å²) in [5, 5.41) is 7.92. The summed E-state index contributed by atoms with van der Waals surface area (Å²) in [5.74, 6) is -1.87. The lowest BCUT2D eigenvalue weighted by Gasteiger charge is -2.26. The Morgan fingerprint density at radius 2 is 1.84 bits per heavy atom. The number of piperidine rings is 1. The van der Waals surface area contributed by atoms with Crippen molar-refractivity contribution in [1.29, 1.82) is 0 Å². The molecule has 0 radical (unpaired) electrons. The third-order valence-electron chi connectivity index (χ3n) is 5.05. The van der Waals surface area contributed by atoms with Gasteiger partial charge >= 0.3 is 5.97 Å². The summed E-state index contributed by atoms with van der Waals surface area (Å²) < 4.78 is 47.1. The monoisotopic (exact) mass is 446 g/mol. The molecule has 0 spiro atoms. The largest absolute Gasteiger partial charge is 0.439 e. The van der Waals surface area contributed by atoms with Crippen LogP contribution in [0.1, 0.15) is 29.6 Å². The van der Waals surface area contributed by atoms with Crippen molar-refractivity contribution in [3.63, 3.8) is 0 Å². The molecule has 2 aromatic carbocycles. The molecule has 1 aliphatic heterocycles. The molecule has 31 heavy (non-hydrogen) atoms. The Bertz CT molecular complexity index is 1300. The van der Waals surface area contributed by atoms with Gasteiger partial charge < -0.3 is 4.74 Å². The Balaban J connectivity index is 1.55. The smallest absolute Gasteiger partial charge is 0.339 e. The number of aromatic nitrogens is 3. The minimum atomic E-state index is -4.07. The Hall–Kier alpha value is -3.18. The number of carbonyl (C=O) groups is 1. The summed E-state index contributed by atoms with van der Waals surface area (Å²) in [7, 11) is -4.07. The van der Waals surface area contributed by atoms with Crippen molar-refractivity contribution < 1.29 is 22.3 Å². The number of sulfonamides is 1. The number of esters is 1. The summed E-state index contributed by atoms with van der Waals surface area (Å²) in [6.45, 7) is 0.0844. The predicted molar refractivity (Wildman–Crippen MR) is 108 cm³/mol. The van der Waals surface area contributed by atoms with Gasteiger partial charge in [0.25, 0.3) is 5.56 Å². The Labute approximate surface area is 177 Å². The molecule has 0 aliphatic carbocycles. The van der Waals surface area contributed by atoms with Crippen LogP contribution in [-0.4, -0.2) is 46.8 Å². The summed E-state index contributed by atoms with van der Waals surface area (Å²) >= 11 is 0. The van der Waals surface area contributed by atoms with Crippen LogP contribution in [0.25, 0.3) is 10.9 Å². The number of ether oxygens (including phenoxy) is 1. The number of carbonyl (C=O) groups excluding carboxylic acids is 1. The second-order valence-electron chi connectivity index (χ2n) is 7.08.